The van der Waals surface area contributed by atoms with Crippen LogP contribution in [0.15, 0.2) is 276 Å². The Hall–Kier alpha value is -13.3. The van der Waals surface area contributed by atoms with Crippen LogP contribution in [0.1, 0.15) is 99.3 Å². The van der Waals surface area contributed by atoms with Gasteiger partial charge in [-0.1, -0.05) is 57.2 Å². The molecule has 10 heterocycles. The largest absolute Gasteiger partial charge is 0.252 e. The summed E-state index contributed by atoms with van der Waals surface area (Å²) in [5.74, 6) is 0. The molecular formula is C98H108N16+10. The van der Waals surface area contributed by atoms with Gasteiger partial charge >= 0.3 is 0 Å². The van der Waals surface area contributed by atoms with Crippen molar-refractivity contribution in [3.05, 3.63) is 366 Å². The summed E-state index contributed by atoms with van der Waals surface area (Å²) < 4.78 is 21.6. The Kier molecular flexibility index (Phi) is 26.0. The lowest BCUT2D eigenvalue weighted by molar-refractivity contribution is -0.661. The van der Waals surface area contributed by atoms with Crippen LogP contribution in [0.5, 0.6) is 0 Å². The molecule has 16 heteroatoms. The molecule has 0 amide bonds. The van der Waals surface area contributed by atoms with E-state index in [0.717, 1.165) is 51.0 Å². The molecule has 114 heavy (non-hydrogen) atoms. The van der Waals surface area contributed by atoms with Crippen LogP contribution in [-0.4, -0.2) is 24.9 Å². The van der Waals surface area contributed by atoms with Gasteiger partial charge in [-0.25, -0.2) is 4.85 Å². The molecular weight excluding hydrogens is 1400 g/mol. The van der Waals surface area contributed by atoms with Crippen LogP contribution in [0.3, 0.4) is 0 Å². The van der Waals surface area contributed by atoms with E-state index in [2.05, 4.69) is 355 Å². The molecule has 15 rings (SSSR count). The molecule has 15 aromatic rings. The van der Waals surface area contributed by atoms with Gasteiger partial charge in [0.05, 0.1) is 90.8 Å². The average Bonchev–Trinajstić information content (AvgIpc) is 0.779. The lowest BCUT2D eigenvalue weighted by atomic mass is 9.84. The Morgan fingerprint density at radius 1 is 0.298 bits per heavy atom. The standard InChI is InChI=1S/C22H27N3.C20H23N3.C19H18N4.C19H21N3.C18H19N3/c1-16-9-7-8-11-25(16)20-14-18(22(3,4)5)13-19(17(20)2)21-15-23-10-12-24(21)6;1-14-12-15(2)20(23-10-7-6-8-16(23)3)17(4)19(14)18-13-21-9-11-22(18)5;1-14-7-5-6-9-23(14)18-12-16(20-3)11-17(15(18)2)19-13-21-8-10-22(19)4;1-14-11-17(19-13-20-8-10-21(19)4)16(3)18(12-14)22-9-6-5-7-15(22)2;1-14-7-4-5-11-21(14)17-9-6-8-16(15(17)2)18-13-19-10-12-20(18)3/h7-15H,1-6H3;6-13H,1-5H3;5-13H,1-2,4H3;5-13H,1-4H3;4-13H,1-3H3/q5*+2. The zero-order chi connectivity index (χ0) is 81.7. The fourth-order valence-corrected chi connectivity index (χ4v) is 14.7. The quantitative estimate of drug-likeness (QED) is 0.100. The summed E-state index contributed by atoms with van der Waals surface area (Å²) in [6.45, 7) is 42.1. The Labute approximate surface area is 674 Å². The van der Waals surface area contributed by atoms with Crippen LogP contribution in [0.4, 0.5) is 5.69 Å². The maximum absolute atomic E-state index is 7.43. The summed E-state index contributed by atoms with van der Waals surface area (Å²) in [5.41, 5.74) is 35.4. The van der Waals surface area contributed by atoms with Gasteiger partial charge in [0.1, 0.15) is 35.2 Å². The molecule has 570 valence electrons. The van der Waals surface area contributed by atoms with Gasteiger partial charge < -0.3 is 0 Å². The Balaban J connectivity index is 0.000000141. The number of rotatable bonds is 10. The van der Waals surface area contributed by atoms with Gasteiger partial charge in [-0.3, -0.25) is 24.9 Å². The van der Waals surface area contributed by atoms with Crippen LogP contribution >= 0.6 is 0 Å². The smallest absolute Gasteiger partial charge is 0.231 e. The third kappa shape index (κ3) is 18.3. The number of pyridine rings is 5. The summed E-state index contributed by atoms with van der Waals surface area (Å²) in [7, 11) is 10.2. The zero-order valence-corrected chi connectivity index (χ0v) is 70.1. The van der Waals surface area contributed by atoms with E-state index in [-0.39, 0.29) is 5.41 Å². The number of hydrogen-bond donors (Lipinski definition) is 0. The van der Waals surface area contributed by atoms with Crippen molar-refractivity contribution in [1.82, 2.24) is 24.9 Å². The third-order valence-electron chi connectivity index (χ3n) is 21.2. The van der Waals surface area contributed by atoms with Gasteiger partial charge in [-0.15, -0.1) is 0 Å². The van der Waals surface area contributed by atoms with E-state index < -0.39 is 0 Å². The van der Waals surface area contributed by atoms with Crippen LogP contribution < -0.4 is 45.7 Å². The van der Waals surface area contributed by atoms with E-state index in [9.17, 15) is 0 Å². The lowest BCUT2D eigenvalue weighted by Crippen LogP contribution is -2.36. The molecule has 0 unspecified atom stereocenters. The number of aryl methyl sites for hydroxylation is 13. The molecule has 0 radical (unpaired) electrons. The predicted molar refractivity (Wildman–Crippen MR) is 448 cm³/mol. The van der Waals surface area contributed by atoms with Crippen molar-refractivity contribution in [3.8, 4) is 84.7 Å². The van der Waals surface area contributed by atoms with Gasteiger partial charge in [0.2, 0.25) is 56.9 Å². The van der Waals surface area contributed by atoms with E-state index in [0.29, 0.717) is 5.69 Å². The Morgan fingerprint density at radius 2 is 0.640 bits per heavy atom. The summed E-state index contributed by atoms with van der Waals surface area (Å²) in [6, 6.07) is 52.8. The molecule has 0 N–H and O–H groups in total. The van der Waals surface area contributed by atoms with Crippen molar-refractivity contribution in [2.24, 2.45) is 35.2 Å². The highest BCUT2D eigenvalue weighted by Crippen LogP contribution is 2.34. The SMILES string of the molecule is Cc1c(-c2cncc[n+]2C)cc(C(C)(C)C)cc1-[n+]1ccccc1C.Cc1c(-c2cncc[n+]2C)cccc1-[n+]1ccccc1C.Cc1cc(-c2cncc[n+]2C)c(C)c(-[n+]2ccccc2C)c1.Cc1cc(C)c(-[n+]2ccccc2C)c(C)c1-c1cncc[n+]1C.[C-]#[N+]c1cc(-c2cncc[n+]2C)c(C)c(-[n+]2ccccc2C)c1. The first-order valence-electron chi connectivity index (χ1n) is 38.5. The van der Waals surface area contributed by atoms with Crippen molar-refractivity contribution in [3.63, 3.8) is 0 Å². The maximum Gasteiger partial charge on any atom is 0.231 e. The van der Waals surface area contributed by atoms with E-state index >= 15 is 0 Å². The number of aromatic nitrogens is 15. The van der Waals surface area contributed by atoms with Gasteiger partial charge in [0.15, 0.2) is 96.1 Å². The molecule has 0 fully saturated rings. The van der Waals surface area contributed by atoms with E-state index in [4.69, 9.17) is 6.57 Å². The second-order valence-electron chi connectivity index (χ2n) is 30.4. The highest BCUT2D eigenvalue weighted by atomic mass is 15.0. The normalized spacial score (nSPS) is 10.8. The molecule has 0 atom stereocenters. The van der Waals surface area contributed by atoms with Crippen LogP contribution in [0.25, 0.3) is 89.6 Å². The van der Waals surface area contributed by atoms with E-state index in [1.165, 1.54) is 112 Å². The summed E-state index contributed by atoms with van der Waals surface area (Å²) in [4.78, 5) is 25.1. The molecule has 10 aromatic heterocycles. The van der Waals surface area contributed by atoms with Crippen molar-refractivity contribution >= 4 is 5.69 Å². The number of hydrogen-bond acceptors (Lipinski definition) is 5. The average molecular weight is 1510 g/mol. The van der Waals surface area contributed by atoms with E-state index in [1.807, 2.05) is 130 Å². The second kappa shape index (κ2) is 36.3. The summed E-state index contributed by atoms with van der Waals surface area (Å²) >= 11 is 0. The third-order valence-corrected chi connectivity index (χ3v) is 21.2. The van der Waals surface area contributed by atoms with Crippen molar-refractivity contribution < 1.29 is 45.7 Å². The first kappa shape index (κ1) is 81.7. The van der Waals surface area contributed by atoms with Gasteiger partial charge in [0.25, 0.3) is 0 Å². The Bertz CT molecular complexity index is 5730. The summed E-state index contributed by atoms with van der Waals surface area (Å²) in [6.07, 6.45) is 39.0. The Morgan fingerprint density at radius 3 is 1.03 bits per heavy atom. The maximum atomic E-state index is 7.43. The van der Waals surface area contributed by atoms with Crippen LogP contribution in [0.2, 0.25) is 0 Å². The van der Waals surface area contributed by atoms with Gasteiger partial charge in [-0.2, -0.15) is 45.7 Å². The van der Waals surface area contributed by atoms with Crippen molar-refractivity contribution in [2.45, 2.75) is 116 Å². The molecule has 0 aliphatic rings. The number of benzene rings is 5. The second-order valence-corrected chi connectivity index (χ2v) is 30.4. The molecule has 0 saturated heterocycles. The fraction of sp³-hybridized carbons (Fsp3) is 0.224. The zero-order valence-electron chi connectivity index (χ0n) is 70.1. The molecule has 0 saturated carbocycles. The molecule has 0 bridgehead atoms. The molecule has 0 aliphatic heterocycles. The predicted octanol–water partition coefficient (Wildman–Crippen LogP) is 15.1. The van der Waals surface area contributed by atoms with Crippen molar-refractivity contribution in [2.75, 3.05) is 0 Å². The monoisotopic (exact) mass is 1510 g/mol. The molecule has 5 aromatic carbocycles. The fourth-order valence-electron chi connectivity index (χ4n) is 14.7. The highest BCUT2D eigenvalue weighted by molar-refractivity contribution is 5.73. The molecule has 0 aliphatic carbocycles. The van der Waals surface area contributed by atoms with Crippen LogP contribution in [0, 0.1) is 96.6 Å². The van der Waals surface area contributed by atoms with Gasteiger partial charge in [0, 0.05) is 158 Å². The van der Waals surface area contributed by atoms with Gasteiger partial charge in [-0.05, 0) is 108 Å². The van der Waals surface area contributed by atoms with Crippen LogP contribution in [-0.2, 0) is 40.7 Å². The molecule has 16 nitrogen and oxygen atoms in total. The first-order valence-corrected chi connectivity index (χ1v) is 38.5. The van der Waals surface area contributed by atoms with Crippen molar-refractivity contribution in [1.29, 1.82) is 0 Å². The highest BCUT2D eigenvalue weighted by Gasteiger charge is 2.30. The molecule has 0 spiro atoms. The minimum absolute atomic E-state index is 0.0707. The minimum atomic E-state index is 0.0707. The van der Waals surface area contributed by atoms with E-state index in [1.54, 1.807) is 12.4 Å². The number of nitrogens with zero attached hydrogens (tertiary/aromatic N) is 16. The topological polar surface area (TPSA) is 108 Å². The first-order chi connectivity index (χ1) is 54.7. The lowest BCUT2D eigenvalue weighted by Gasteiger charge is -2.21. The summed E-state index contributed by atoms with van der Waals surface area (Å²) in [5, 5.41) is 0. The minimum Gasteiger partial charge on any atom is -0.252 e.